The zero-order valence-corrected chi connectivity index (χ0v) is 87.6. The van der Waals surface area contributed by atoms with Crippen LogP contribution in [-0.4, -0.2) is 49.9 Å². The van der Waals surface area contributed by atoms with E-state index in [1.54, 1.807) is 0 Å². The summed E-state index contributed by atoms with van der Waals surface area (Å²) >= 11 is 3.82. The number of hydrogen-bond acceptors (Lipinski definition) is 10. The Balaban J connectivity index is 1.76. The van der Waals surface area contributed by atoms with E-state index in [-0.39, 0.29) is 17.4 Å². The fraction of sp³-hybridized carbons (Fsp3) is 0.876. The van der Waals surface area contributed by atoms with E-state index in [1.165, 1.54) is 499 Å². The molecule has 2 aromatic rings. The van der Waals surface area contributed by atoms with Crippen molar-refractivity contribution in [2.75, 3.05) is 37.9 Å². The van der Waals surface area contributed by atoms with Gasteiger partial charge >= 0.3 is 11.9 Å². The molecule has 0 aliphatic heterocycles. The molecule has 12 heteroatoms. The van der Waals surface area contributed by atoms with E-state index in [9.17, 15) is 9.59 Å². The van der Waals surface area contributed by atoms with E-state index in [1.807, 2.05) is 22.8 Å². The molecule has 0 N–H and O–H groups in total. The highest BCUT2D eigenvalue weighted by Gasteiger charge is 2.25. The smallest absolute Gasteiger partial charge is 0.305 e. The molecule has 732 valence electrons. The lowest BCUT2D eigenvalue weighted by molar-refractivity contribution is -0.144. The first-order valence-electron chi connectivity index (χ1n) is 55.7. The number of ether oxygens (including phenoxy) is 2. The maximum atomic E-state index is 12.3. The van der Waals surface area contributed by atoms with Crippen molar-refractivity contribution in [3.8, 4) is 11.5 Å². The second-order valence-corrected chi connectivity index (χ2v) is 45.3. The molecule has 0 bridgehead atoms. The Morgan fingerprint density at radius 1 is 0.224 bits per heavy atom. The molecule has 0 saturated carbocycles. The summed E-state index contributed by atoms with van der Waals surface area (Å²) in [4.78, 5) is 24.6. The summed E-state index contributed by atoms with van der Waals surface area (Å²) in [6.07, 6.45) is 113. The number of esters is 2. The van der Waals surface area contributed by atoms with E-state index in [0.29, 0.717) is 26.1 Å². The monoisotopic (exact) mass is 1820 g/mol. The molecule has 2 unspecified atom stereocenters. The van der Waals surface area contributed by atoms with E-state index in [2.05, 4.69) is 90.1 Å². The van der Waals surface area contributed by atoms with Crippen LogP contribution in [0.2, 0.25) is 0 Å². The molecule has 0 radical (unpaired) electrons. The predicted molar refractivity (Wildman–Crippen MR) is 559 cm³/mol. The van der Waals surface area contributed by atoms with Crippen LogP contribution in [0, 0.1) is 0 Å². The van der Waals surface area contributed by atoms with Crippen LogP contribution in [-0.2, 0) is 33.5 Å². The Bertz CT molecular complexity index is 2300. The van der Waals surface area contributed by atoms with Crippen molar-refractivity contribution < 1.29 is 37.2 Å². The zero-order chi connectivity index (χ0) is 89.5. The van der Waals surface area contributed by atoms with Crippen LogP contribution in [0.1, 0.15) is 605 Å². The Kier molecular flexibility index (Phi) is 92.8. The minimum atomic E-state index is -1.09. The zero-order valence-electron chi connectivity index (χ0n) is 84.1. The Labute approximate surface area is 789 Å². The Morgan fingerprint density at radius 3 is 0.592 bits per heavy atom. The van der Waals surface area contributed by atoms with Gasteiger partial charge in [0.2, 0.25) is 0 Å². The van der Waals surface area contributed by atoms with Gasteiger partial charge in [-0.15, -0.1) is 0 Å². The van der Waals surface area contributed by atoms with Crippen LogP contribution in [0.4, 0.5) is 0 Å². The molecule has 0 aliphatic carbocycles. The highest BCUT2D eigenvalue weighted by molar-refractivity contribution is 8.53. The van der Waals surface area contributed by atoms with Gasteiger partial charge in [-0.25, -0.2) is 0 Å². The summed E-state index contributed by atoms with van der Waals surface area (Å²) in [5, 5.41) is 0. The van der Waals surface area contributed by atoms with Gasteiger partial charge in [0.15, 0.2) is 0 Å². The van der Waals surface area contributed by atoms with Crippen molar-refractivity contribution in [1.82, 2.24) is 0 Å². The van der Waals surface area contributed by atoms with Gasteiger partial charge in [-0.3, -0.25) is 9.59 Å². The van der Waals surface area contributed by atoms with Crippen LogP contribution in [0.5, 0.6) is 11.5 Å². The highest BCUT2D eigenvalue weighted by atomic mass is 32.7. The first-order chi connectivity index (χ1) is 61.7. The van der Waals surface area contributed by atoms with Gasteiger partial charge in [-0.2, -0.15) is 0 Å². The minimum Gasteiger partial charge on any atom is -0.466 e. The SMILES string of the molecule is CCCCCCCCCCCCCCCCOC(=O)CCCCCCCCCCCCCCCCSP(OCCCCCCCCCCCCCCCC)Oc1ccc(C(C)(C)c2ccc(OP(OCCCCCCCCCCCCCCCC)SCCCCCCCCCCCCCCCCC(=O)OCCCCCCCCCCCCCCCC)cc2)cc1. The highest BCUT2D eigenvalue weighted by Crippen LogP contribution is 2.54. The van der Waals surface area contributed by atoms with E-state index in [4.69, 9.17) is 27.6 Å². The number of unbranched alkanes of at least 4 members (excludes halogenated alkanes) is 78. The number of carbonyl (C=O) groups excluding carboxylic acids is 2. The second kappa shape index (κ2) is 97.0. The Hall–Kier alpha value is -1.54. The van der Waals surface area contributed by atoms with Crippen molar-refractivity contribution in [3.05, 3.63) is 59.7 Å². The number of rotatable bonds is 104. The van der Waals surface area contributed by atoms with Gasteiger partial charge < -0.3 is 27.6 Å². The molecule has 125 heavy (non-hydrogen) atoms. The standard InChI is InChI=1S/C113H210O8P2S2/c1-7-11-15-19-23-27-31-35-45-53-61-69-77-85-101-116-111(114)91-83-75-67-59-51-43-39-41-49-57-65-73-81-89-105-124-122(118-103-87-79-71-63-55-47-37-33-29-25-21-17-13-9-3)120-109-97-93-107(94-98-109)113(5,6)108-95-99-110(100-96-108)121-123(119-104-88-80-72-64-56-48-38-34-30-26-22-18-14-10-4)125-106-90-82-74-66-58-50-42-40-44-52-60-68-76-84-92-112(115)117-102-86-78-70-62-54-46-36-32-28-24-20-16-12-8-2/h93-100H,7-92,101-106H2,1-6H3. The molecule has 0 aliphatic rings. The maximum absolute atomic E-state index is 12.3. The van der Waals surface area contributed by atoms with E-state index < -0.39 is 15.2 Å². The van der Waals surface area contributed by atoms with Crippen LogP contribution in [0.15, 0.2) is 48.5 Å². The van der Waals surface area contributed by atoms with Crippen LogP contribution in [0.3, 0.4) is 0 Å². The van der Waals surface area contributed by atoms with Crippen molar-refractivity contribution in [3.63, 3.8) is 0 Å². The van der Waals surface area contributed by atoms with Crippen LogP contribution >= 0.6 is 37.9 Å². The van der Waals surface area contributed by atoms with E-state index in [0.717, 1.165) is 87.6 Å². The molecule has 0 fully saturated rings. The predicted octanol–water partition coefficient (Wildman–Crippen LogP) is 41.4. The van der Waals surface area contributed by atoms with Gasteiger partial charge in [0.1, 0.15) is 11.5 Å². The van der Waals surface area contributed by atoms with Gasteiger partial charge in [0.05, 0.1) is 26.4 Å². The molecule has 0 spiro atoms. The van der Waals surface area contributed by atoms with Gasteiger partial charge in [0.25, 0.3) is 15.2 Å². The van der Waals surface area contributed by atoms with Crippen molar-refractivity contribution in [2.45, 2.75) is 599 Å². The molecule has 0 amide bonds. The number of hydrogen-bond donors (Lipinski definition) is 0. The van der Waals surface area contributed by atoms with Gasteiger partial charge in [-0.1, -0.05) is 577 Å². The fourth-order valence-corrected chi connectivity index (χ4v) is 23.5. The lowest BCUT2D eigenvalue weighted by Gasteiger charge is -2.27. The van der Waals surface area contributed by atoms with Crippen LogP contribution in [0.25, 0.3) is 0 Å². The molecular weight excluding hydrogens is 1610 g/mol. The molecule has 2 aromatic carbocycles. The van der Waals surface area contributed by atoms with Crippen molar-refractivity contribution in [2.24, 2.45) is 0 Å². The van der Waals surface area contributed by atoms with Crippen molar-refractivity contribution >= 4 is 49.9 Å². The minimum absolute atomic E-state index is 0.0163. The molecule has 2 atom stereocenters. The summed E-state index contributed by atoms with van der Waals surface area (Å²) < 4.78 is 38.0. The average molecular weight is 1820 g/mol. The lowest BCUT2D eigenvalue weighted by atomic mass is 9.78. The molecule has 0 aromatic heterocycles. The fourth-order valence-electron chi connectivity index (χ4n) is 17.6. The topological polar surface area (TPSA) is 89.5 Å². The molecule has 0 saturated heterocycles. The molecular formula is C113H210O8P2S2. The summed E-state index contributed by atoms with van der Waals surface area (Å²) in [5.41, 5.74) is 2.34. The molecule has 0 heterocycles. The largest absolute Gasteiger partial charge is 0.466 e. The first kappa shape index (κ1) is 120. The third kappa shape index (κ3) is 82.8. The third-order valence-electron chi connectivity index (χ3n) is 26.4. The second-order valence-electron chi connectivity index (χ2n) is 38.9. The number of benzene rings is 2. The summed E-state index contributed by atoms with van der Waals surface area (Å²) in [6, 6.07) is 17.8. The molecule has 2 rings (SSSR count). The lowest BCUT2D eigenvalue weighted by Crippen LogP contribution is -2.18. The van der Waals surface area contributed by atoms with Gasteiger partial charge in [-0.05, 0) is 86.8 Å². The average Bonchev–Trinajstić information content (AvgIpc) is 0.801. The first-order valence-corrected chi connectivity index (χ1v) is 61.3. The normalized spacial score (nSPS) is 12.3. The van der Waals surface area contributed by atoms with Gasteiger partial charge in [0, 0.05) is 29.8 Å². The van der Waals surface area contributed by atoms with Crippen LogP contribution < -0.4 is 9.05 Å². The summed E-state index contributed by atoms with van der Waals surface area (Å²) in [5.74, 6) is 4.01. The third-order valence-corrected chi connectivity index (χ3v) is 32.7. The van der Waals surface area contributed by atoms with Crippen molar-refractivity contribution in [1.29, 1.82) is 0 Å². The molecule has 8 nitrogen and oxygen atoms in total. The maximum Gasteiger partial charge on any atom is 0.305 e. The van der Waals surface area contributed by atoms with E-state index >= 15 is 0 Å². The number of carbonyl (C=O) groups is 2. The Morgan fingerprint density at radius 2 is 0.392 bits per heavy atom. The quantitative estimate of drug-likeness (QED) is 0.0362. The summed E-state index contributed by atoms with van der Waals surface area (Å²) in [7, 11) is -2.18. The summed E-state index contributed by atoms with van der Waals surface area (Å²) in [6.45, 7) is 16.7.